The van der Waals surface area contributed by atoms with E-state index in [1.807, 2.05) is 12.1 Å². The molecule has 3 nitrogen and oxygen atoms in total. The zero-order valence-electron chi connectivity index (χ0n) is 11.2. The molecule has 1 aliphatic heterocycles. The van der Waals surface area contributed by atoms with Crippen LogP contribution in [0.15, 0.2) is 36.4 Å². The van der Waals surface area contributed by atoms with E-state index in [1.54, 1.807) is 24.3 Å². The Morgan fingerprint density at radius 3 is 2.57 bits per heavy atom. The van der Waals surface area contributed by atoms with E-state index in [4.69, 9.17) is 32.7 Å². The van der Waals surface area contributed by atoms with Crippen molar-refractivity contribution in [1.29, 1.82) is 0 Å². The summed E-state index contributed by atoms with van der Waals surface area (Å²) in [6.07, 6.45) is -0.0682. The van der Waals surface area contributed by atoms with Gasteiger partial charge in [-0.15, -0.1) is 0 Å². The molecule has 0 aliphatic carbocycles. The third kappa shape index (κ3) is 2.95. The van der Waals surface area contributed by atoms with Crippen LogP contribution in [0.1, 0.15) is 23.7 Å². The first-order valence-electron chi connectivity index (χ1n) is 6.68. The summed E-state index contributed by atoms with van der Waals surface area (Å²) in [6.45, 7) is 1.13. The highest BCUT2D eigenvalue weighted by Gasteiger charge is 2.20. The first-order chi connectivity index (χ1) is 10.2. The zero-order chi connectivity index (χ0) is 14.8. The topological polar surface area (TPSA) is 38.7 Å². The van der Waals surface area contributed by atoms with Gasteiger partial charge in [-0.3, -0.25) is 0 Å². The SMILES string of the molecule is OC(c1cc(Cl)c2c(c1)OCCCO2)c1ccccc1Cl. The van der Waals surface area contributed by atoms with Crippen molar-refractivity contribution < 1.29 is 14.6 Å². The Hall–Kier alpha value is -1.42. The normalized spacial score (nSPS) is 15.4. The summed E-state index contributed by atoms with van der Waals surface area (Å²) < 4.78 is 11.2. The minimum Gasteiger partial charge on any atom is -0.489 e. The molecule has 0 spiro atoms. The van der Waals surface area contributed by atoms with Crippen LogP contribution in [0.3, 0.4) is 0 Å². The molecule has 1 atom stereocenters. The molecule has 0 aromatic heterocycles. The van der Waals surface area contributed by atoms with Gasteiger partial charge >= 0.3 is 0 Å². The molecule has 0 amide bonds. The van der Waals surface area contributed by atoms with Crippen molar-refractivity contribution in [2.24, 2.45) is 0 Å². The van der Waals surface area contributed by atoms with Crippen molar-refractivity contribution >= 4 is 23.2 Å². The zero-order valence-corrected chi connectivity index (χ0v) is 12.7. The van der Waals surface area contributed by atoms with E-state index in [-0.39, 0.29) is 0 Å². The van der Waals surface area contributed by atoms with Crippen molar-refractivity contribution in [2.45, 2.75) is 12.5 Å². The molecule has 0 fully saturated rings. The van der Waals surface area contributed by atoms with Crippen LogP contribution in [-0.4, -0.2) is 18.3 Å². The number of halogens is 2. The van der Waals surface area contributed by atoms with Crippen LogP contribution < -0.4 is 9.47 Å². The van der Waals surface area contributed by atoms with E-state index in [0.717, 1.165) is 6.42 Å². The maximum atomic E-state index is 10.5. The second-order valence-corrected chi connectivity index (χ2v) is 5.62. The monoisotopic (exact) mass is 324 g/mol. The van der Waals surface area contributed by atoms with Crippen LogP contribution >= 0.6 is 23.2 Å². The highest BCUT2D eigenvalue weighted by atomic mass is 35.5. The number of benzene rings is 2. The first kappa shape index (κ1) is 14.5. The van der Waals surface area contributed by atoms with Gasteiger partial charge < -0.3 is 14.6 Å². The Balaban J connectivity index is 2.01. The fraction of sp³-hybridized carbons (Fsp3) is 0.250. The molecule has 1 unspecified atom stereocenters. The minimum absolute atomic E-state index is 0.426. The lowest BCUT2D eigenvalue weighted by atomic mass is 10.0. The number of ether oxygens (including phenoxy) is 2. The van der Waals surface area contributed by atoms with Crippen LogP contribution in [0, 0.1) is 0 Å². The van der Waals surface area contributed by atoms with E-state index in [9.17, 15) is 5.11 Å². The second-order valence-electron chi connectivity index (χ2n) is 4.80. The van der Waals surface area contributed by atoms with Gasteiger partial charge in [0.15, 0.2) is 11.5 Å². The Morgan fingerprint density at radius 2 is 1.76 bits per heavy atom. The molecule has 2 aromatic carbocycles. The van der Waals surface area contributed by atoms with Gasteiger partial charge in [0.1, 0.15) is 6.10 Å². The lowest BCUT2D eigenvalue weighted by Crippen LogP contribution is -2.02. The molecule has 1 N–H and O–H groups in total. The molecule has 0 saturated heterocycles. The summed E-state index contributed by atoms with van der Waals surface area (Å²) in [5.74, 6) is 1.09. The molecule has 5 heteroatoms. The average Bonchev–Trinajstić information content (AvgIpc) is 2.72. The maximum Gasteiger partial charge on any atom is 0.179 e. The molecule has 21 heavy (non-hydrogen) atoms. The average molecular weight is 325 g/mol. The minimum atomic E-state index is -0.867. The van der Waals surface area contributed by atoms with Crippen molar-refractivity contribution in [3.8, 4) is 11.5 Å². The van der Waals surface area contributed by atoms with Crippen LogP contribution in [0.4, 0.5) is 0 Å². The maximum absolute atomic E-state index is 10.5. The predicted molar refractivity (Wildman–Crippen MR) is 82.6 cm³/mol. The Morgan fingerprint density at radius 1 is 1.00 bits per heavy atom. The highest BCUT2D eigenvalue weighted by molar-refractivity contribution is 6.32. The number of hydrogen-bond acceptors (Lipinski definition) is 3. The summed E-state index contributed by atoms with van der Waals surface area (Å²) in [5, 5.41) is 11.5. The molecule has 0 bridgehead atoms. The van der Waals surface area contributed by atoms with E-state index in [0.29, 0.717) is 45.9 Å². The molecule has 0 saturated carbocycles. The van der Waals surface area contributed by atoms with Gasteiger partial charge in [-0.25, -0.2) is 0 Å². The Labute approximate surface area is 133 Å². The molecule has 1 heterocycles. The molecular weight excluding hydrogens is 311 g/mol. The summed E-state index contributed by atoms with van der Waals surface area (Å²) in [5.41, 5.74) is 1.25. The molecule has 2 aromatic rings. The predicted octanol–water partition coefficient (Wildman–Crippen LogP) is 4.24. The third-order valence-corrected chi connectivity index (χ3v) is 3.97. The number of rotatable bonds is 2. The van der Waals surface area contributed by atoms with Gasteiger partial charge in [0.2, 0.25) is 0 Å². The van der Waals surface area contributed by atoms with Gasteiger partial charge in [-0.05, 0) is 23.8 Å². The van der Waals surface area contributed by atoms with Crippen LogP contribution in [0.5, 0.6) is 11.5 Å². The summed E-state index contributed by atoms with van der Waals surface area (Å²) in [7, 11) is 0. The highest BCUT2D eigenvalue weighted by Crippen LogP contribution is 2.41. The lowest BCUT2D eigenvalue weighted by molar-refractivity contribution is 0.219. The van der Waals surface area contributed by atoms with Crippen LogP contribution in [0.2, 0.25) is 10.0 Å². The molecule has 1 aliphatic rings. The van der Waals surface area contributed by atoms with Crippen molar-refractivity contribution in [3.05, 3.63) is 57.6 Å². The fourth-order valence-electron chi connectivity index (χ4n) is 2.29. The number of fused-ring (bicyclic) bond motifs is 1. The largest absolute Gasteiger partial charge is 0.489 e. The number of hydrogen-bond donors (Lipinski definition) is 1. The molecular formula is C16H14Cl2O3. The van der Waals surface area contributed by atoms with Gasteiger partial charge in [-0.2, -0.15) is 0 Å². The summed E-state index contributed by atoms with van der Waals surface area (Å²) in [4.78, 5) is 0. The molecule has 3 rings (SSSR count). The van der Waals surface area contributed by atoms with Crippen molar-refractivity contribution in [2.75, 3.05) is 13.2 Å². The van der Waals surface area contributed by atoms with E-state index >= 15 is 0 Å². The lowest BCUT2D eigenvalue weighted by Gasteiger charge is -2.16. The Kier molecular flexibility index (Phi) is 4.24. The standard InChI is InChI=1S/C16H14Cl2O3/c17-12-5-2-1-4-11(12)15(19)10-8-13(18)16-14(9-10)20-6-3-7-21-16/h1-2,4-5,8-9,15,19H,3,6-7H2. The van der Waals surface area contributed by atoms with Crippen LogP contribution in [-0.2, 0) is 0 Å². The Bertz CT molecular complexity index is 658. The van der Waals surface area contributed by atoms with Gasteiger partial charge in [-0.1, -0.05) is 41.4 Å². The quantitative estimate of drug-likeness (QED) is 0.898. The van der Waals surface area contributed by atoms with Crippen molar-refractivity contribution in [1.82, 2.24) is 0 Å². The van der Waals surface area contributed by atoms with E-state index in [2.05, 4.69) is 0 Å². The smallest absolute Gasteiger partial charge is 0.179 e. The van der Waals surface area contributed by atoms with E-state index < -0.39 is 6.10 Å². The summed E-state index contributed by atoms with van der Waals surface area (Å²) >= 11 is 12.4. The van der Waals surface area contributed by atoms with Crippen molar-refractivity contribution in [3.63, 3.8) is 0 Å². The summed E-state index contributed by atoms with van der Waals surface area (Å²) in [6, 6.07) is 10.6. The number of aliphatic hydroxyl groups is 1. The first-order valence-corrected chi connectivity index (χ1v) is 7.44. The van der Waals surface area contributed by atoms with Gasteiger partial charge in [0.25, 0.3) is 0 Å². The van der Waals surface area contributed by atoms with E-state index in [1.165, 1.54) is 0 Å². The third-order valence-electron chi connectivity index (χ3n) is 3.34. The molecule has 0 radical (unpaired) electrons. The molecule has 110 valence electrons. The number of aliphatic hydroxyl groups excluding tert-OH is 1. The van der Waals surface area contributed by atoms with Crippen LogP contribution in [0.25, 0.3) is 0 Å². The van der Waals surface area contributed by atoms with Gasteiger partial charge in [0, 0.05) is 17.0 Å². The van der Waals surface area contributed by atoms with Gasteiger partial charge in [0.05, 0.1) is 18.2 Å². The second kappa shape index (κ2) is 6.14. The fourth-order valence-corrected chi connectivity index (χ4v) is 2.80.